The molecule has 0 unspecified atom stereocenters. The summed E-state index contributed by atoms with van der Waals surface area (Å²) in [5.74, 6) is 6.51. The van der Waals surface area contributed by atoms with Gasteiger partial charge in [-0.1, -0.05) is 90.2 Å². The summed E-state index contributed by atoms with van der Waals surface area (Å²) in [6, 6.07) is 35.8. The monoisotopic (exact) mass is 441 g/mol. The van der Waals surface area contributed by atoms with Crippen LogP contribution in [0.3, 0.4) is 0 Å². The van der Waals surface area contributed by atoms with E-state index in [1.807, 2.05) is 115 Å². The standard InChI is InChI=1S/C27H21ClNOP/c28-24-19-17-23(18-20-24)27(21-16-22-10-4-1-5-11-22)29-31(30,25-12-6-2-7-13-25)26-14-8-3-9-15-26/h1-15,17-20,27H,(H,29,30)/t27-/m1/s1. The molecule has 0 aliphatic carbocycles. The van der Waals surface area contributed by atoms with E-state index in [9.17, 15) is 4.57 Å². The Bertz CT molecular complexity index is 1190. The zero-order valence-electron chi connectivity index (χ0n) is 16.8. The minimum atomic E-state index is -3.16. The van der Waals surface area contributed by atoms with Gasteiger partial charge < -0.3 is 0 Å². The molecule has 4 heteroatoms. The van der Waals surface area contributed by atoms with E-state index in [1.165, 1.54) is 0 Å². The number of benzene rings is 4. The van der Waals surface area contributed by atoms with Crippen LogP contribution in [0, 0.1) is 11.8 Å². The molecule has 4 rings (SSSR count). The first-order valence-electron chi connectivity index (χ1n) is 9.96. The zero-order chi connectivity index (χ0) is 21.5. The normalized spacial score (nSPS) is 11.9. The van der Waals surface area contributed by atoms with Gasteiger partial charge in [-0.15, -0.1) is 0 Å². The van der Waals surface area contributed by atoms with Crippen LogP contribution in [0.1, 0.15) is 17.2 Å². The molecule has 4 aromatic carbocycles. The molecule has 0 aromatic heterocycles. The third kappa shape index (κ3) is 5.16. The highest BCUT2D eigenvalue weighted by Gasteiger charge is 2.30. The predicted molar refractivity (Wildman–Crippen MR) is 130 cm³/mol. The van der Waals surface area contributed by atoms with E-state index < -0.39 is 13.3 Å². The molecular weight excluding hydrogens is 421 g/mol. The molecule has 0 saturated carbocycles. The molecule has 0 saturated heterocycles. The highest BCUT2D eigenvalue weighted by molar-refractivity contribution is 7.76. The summed E-state index contributed by atoms with van der Waals surface area (Å²) in [4.78, 5) is 0. The molecule has 0 aliphatic heterocycles. The van der Waals surface area contributed by atoms with E-state index in [4.69, 9.17) is 11.6 Å². The Morgan fingerprint density at radius 1 is 0.677 bits per heavy atom. The second-order valence-electron chi connectivity index (χ2n) is 7.03. The van der Waals surface area contributed by atoms with Crippen LogP contribution in [-0.2, 0) is 4.57 Å². The molecule has 1 atom stereocenters. The van der Waals surface area contributed by atoms with Crippen LogP contribution < -0.4 is 15.7 Å². The summed E-state index contributed by atoms with van der Waals surface area (Å²) in [7, 11) is -3.16. The van der Waals surface area contributed by atoms with Crippen molar-refractivity contribution < 1.29 is 4.57 Å². The maximum Gasteiger partial charge on any atom is 0.205 e. The van der Waals surface area contributed by atoms with Gasteiger partial charge in [-0.25, -0.2) is 5.09 Å². The lowest BCUT2D eigenvalue weighted by atomic mass is 10.1. The molecular formula is C27H21ClNOP. The summed E-state index contributed by atoms with van der Waals surface area (Å²) in [6.07, 6.45) is 0. The molecule has 0 heterocycles. The van der Waals surface area contributed by atoms with Crippen molar-refractivity contribution in [1.29, 1.82) is 0 Å². The molecule has 2 nitrogen and oxygen atoms in total. The molecule has 1 N–H and O–H groups in total. The fourth-order valence-electron chi connectivity index (χ4n) is 3.28. The molecule has 0 amide bonds. The number of halogens is 1. The van der Waals surface area contributed by atoms with Gasteiger partial charge >= 0.3 is 0 Å². The predicted octanol–water partition coefficient (Wildman–Crippen LogP) is 5.95. The van der Waals surface area contributed by atoms with E-state index in [0.717, 1.165) is 21.7 Å². The maximum atomic E-state index is 14.5. The number of nitrogens with one attached hydrogen (secondary N) is 1. The van der Waals surface area contributed by atoms with Crippen LogP contribution in [0.15, 0.2) is 115 Å². The zero-order valence-corrected chi connectivity index (χ0v) is 18.4. The van der Waals surface area contributed by atoms with Gasteiger partial charge in [0.1, 0.15) is 6.04 Å². The summed E-state index contributed by atoms with van der Waals surface area (Å²) in [5, 5.41) is 5.53. The lowest BCUT2D eigenvalue weighted by Gasteiger charge is -2.24. The third-order valence-corrected chi connectivity index (χ3v) is 7.81. The summed E-state index contributed by atoms with van der Waals surface area (Å²) < 4.78 is 14.5. The molecule has 152 valence electrons. The minimum Gasteiger partial charge on any atom is -0.296 e. The van der Waals surface area contributed by atoms with Crippen LogP contribution >= 0.6 is 18.9 Å². The summed E-state index contributed by atoms with van der Waals surface area (Å²) in [5.41, 5.74) is 1.80. The van der Waals surface area contributed by atoms with Crippen LogP contribution in [-0.4, -0.2) is 0 Å². The van der Waals surface area contributed by atoms with Crippen LogP contribution in [0.4, 0.5) is 0 Å². The average Bonchev–Trinajstić information content (AvgIpc) is 2.84. The fourth-order valence-corrected chi connectivity index (χ4v) is 5.76. The van der Waals surface area contributed by atoms with E-state index in [-0.39, 0.29) is 0 Å². The highest BCUT2D eigenvalue weighted by Crippen LogP contribution is 2.41. The van der Waals surface area contributed by atoms with Crippen molar-refractivity contribution in [2.75, 3.05) is 0 Å². The number of rotatable bonds is 5. The fraction of sp³-hybridized carbons (Fsp3) is 0.0370. The SMILES string of the molecule is O=P(N[C@H](C#Cc1ccccc1)c1ccc(Cl)cc1)(c1ccccc1)c1ccccc1. The van der Waals surface area contributed by atoms with Gasteiger partial charge in [-0.2, -0.15) is 0 Å². The van der Waals surface area contributed by atoms with Gasteiger partial charge in [0, 0.05) is 21.2 Å². The molecule has 0 bridgehead atoms. The quantitative estimate of drug-likeness (QED) is 0.306. The molecule has 0 aliphatic rings. The Labute approximate surface area is 188 Å². The molecule has 0 radical (unpaired) electrons. The Kier molecular flexibility index (Phi) is 6.70. The summed E-state index contributed by atoms with van der Waals surface area (Å²) in [6.45, 7) is 0. The van der Waals surface area contributed by atoms with Crippen molar-refractivity contribution in [2.45, 2.75) is 6.04 Å². The van der Waals surface area contributed by atoms with E-state index in [0.29, 0.717) is 5.02 Å². The van der Waals surface area contributed by atoms with E-state index >= 15 is 0 Å². The first kappa shape index (κ1) is 21.2. The van der Waals surface area contributed by atoms with Crippen LogP contribution in [0.5, 0.6) is 0 Å². The van der Waals surface area contributed by atoms with Crippen molar-refractivity contribution in [2.24, 2.45) is 0 Å². The van der Waals surface area contributed by atoms with Crippen molar-refractivity contribution in [1.82, 2.24) is 5.09 Å². The molecule has 0 fully saturated rings. The van der Waals surface area contributed by atoms with Gasteiger partial charge in [0.05, 0.1) is 0 Å². The van der Waals surface area contributed by atoms with E-state index in [2.05, 4.69) is 16.9 Å². The van der Waals surface area contributed by atoms with Gasteiger partial charge in [0.15, 0.2) is 0 Å². The summed E-state index contributed by atoms with van der Waals surface area (Å²) >= 11 is 6.10. The van der Waals surface area contributed by atoms with E-state index in [1.54, 1.807) is 0 Å². The smallest absolute Gasteiger partial charge is 0.205 e. The average molecular weight is 442 g/mol. The Morgan fingerprint density at radius 3 is 1.68 bits per heavy atom. The topological polar surface area (TPSA) is 29.1 Å². The van der Waals surface area contributed by atoms with Gasteiger partial charge in [-0.3, -0.25) is 4.57 Å². The first-order valence-corrected chi connectivity index (χ1v) is 12.0. The Morgan fingerprint density at radius 2 is 1.16 bits per heavy atom. The van der Waals surface area contributed by atoms with Crippen molar-refractivity contribution in [3.8, 4) is 11.8 Å². The second kappa shape index (κ2) is 9.82. The van der Waals surface area contributed by atoms with Gasteiger partial charge in [0.2, 0.25) is 7.29 Å². The van der Waals surface area contributed by atoms with Crippen molar-refractivity contribution in [3.05, 3.63) is 131 Å². The third-order valence-electron chi connectivity index (χ3n) is 4.89. The lowest BCUT2D eigenvalue weighted by Crippen LogP contribution is -2.30. The molecule has 31 heavy (non-hydrogen) atoms. The maximum absolute atomic E-state index is 14.5. The van der Waals surface area contributed by atoms with Gasteiger partial charge in [0.25, 0.3) is 0 Å². The number of hydrogen-bond acceptors (Lipinski definition) is 1. The lowest BCUT2D eigenvalue weighted by molar-refractivity contribution is 0.574. The second-order valence-corrected chi connectivity index (χ2v) is 9.98. The highest BCUT2D eigenvalue weighted by atomic mass is 35.5. The van der Waals surface area contributed by atoms with Gasteiger partial charge in [-0.05, 0) is 54.1 Å². The molecule has 4 aromatic rings. The molecule has 0 spiro atoms. The van der Waals surface area contributed by atoms with Crippen molar-refractivity contribution >= 4 is 29.5 Å². The van der Waals surface area contributed by atoms with Crippen LogP contribution in [0.2, 0.25) is 5.02 Å². The minimum absolute atomic E-state index is 0.455. The Hall–Kier alpha value is -3.08. The van der Waals surface area contributed by atoms with Crippen LogP contribution in [0.25, 0.3) is 0 Å². The largest absolute Gasteiger partial charge is 0.296 e. The Balaban J connectivity index is 1.80. The number of hydrogen-bond donors (Lipinski definition) is 1. The first-order chi connectivity index (χ1) is 15.1. The van der Waals surface area contributed by atoms with Crippen molar-refractivity contribution in [3.63, 3.8) is 0 Å².